The minimum absolute atomic E-state index is 0.0446. The second kappa shape index (κ2) is 16.3. The molecule has 13 heteroatoms. The largest absolute Gasteiger partial charge is 0.445 e. The van der Waals surface area contributed by atoms with Gasteiger partial charge in [-0.1, -0.05) is 65.8 Å². The van der Waals surface area contributed by atoms with Crippen LogP contribution < -0.4 is 16.4 Å². The van der Waals surface area contributed by atoms with Gasteiger partial charge in [-0.2, -0.15) is 18.2 Å². The van der Waals surface area contributed by atoms with Crippen LogP contribution in [0.15, 0.2) is 83.4 Å². The van der Waals surface area contributed by atoms with Gasteiger partial charge in [0, 0.05) is 12.1 Å². The van der Waals surface area contributed by atoms with E-state index in [1.165, 1.54) is 6.07 Å². The number of unbranched alkanes of at least 4 members (excludes halogenated alkanes) is 1. The van der Waals surface area contributed by atoms with Crippen molar-refractivity contribution in [1.82, 2.24) is 20.8 Å². The number of aromatic nitrogens is 2. The fraction of sp³-hybridized carbons (Fsp3) is 0.303. The predicted molar refractivity (Wildman–Crippen MR) is 162 cm³/mol. The van der Waals surface area contributed by atoms with Crippen LogP contribution in [0.2, 0.25) is 0 Å². The van der Waals surface area contributed by atoms with Gasteiger partial charge in [-0.15, -0.1) is 0 Å². The van der Waals surface area contributed by atoms with Crippen molar-refractivity contribution in [3.05, 3.63) is 118 Å². The highest BCUT2D eigenvalue weighted by molar-refractivity contribution is 5.98. The number of Topliss-reactive ketones (excluding diaryl/α,β-unsaturated/α-hetero) is 1. The molecule has 0 saturated carbocycles. The van der Waals surface area contributed by atoms with Gasteiger partial charge in [-0.3, -0.25) is 9.59 Å². The maximum absolute atomic E-state index is 13.2. The van der Waals surface area contributed by atoms with Crippen LogP contribution in [0, 0.1) is 0 Å². The number of halogens is 3. The van der Waals surface area contributed by atoms with Crippen molar-refractivity contribution >= 4 is 17.8 Å². The minimum Gasteiger partial charge on any atom is -0.445 e. The Morgan fingerprint density at radius 3 is 2.37 bits per heavy atom. The first-order chi connectivity index (χ1) is 22.1. The minimum atomic E-state index is -4.43. The summed E-state index contributed by atoms with van der Waals surface area (Å²) in [5.74, 6) is -0.928. The Labute approximate surface area is 263 Å². The molecule has 0 aliphatic heterocycles. The van der Waals surface area contributed by atoms with Gasteiger partial charge in [0.2, 0.25) is 17.5 Å². The lowest BCUT2D eigenvalue weighted by Gasteiger charge is -2.16. The molecule has 4 aromatic rings. The maximum atomic E-state index is 13.2. The summed E-state index contributed by atoms with van der Waals surface area (Å²) in [5, 5.41) is 9.11. The van der Waals surface area contributed by atoms with Gasteiger partial charge in [0.25, 0.3) is 5.91 Å². The Kier molecular flexibility index (Phi) is 12.0. The number of benzene rings is 3. The molecular weight excluding hydrogens is 603 g/mol. The molecule has 0 bridgehead atoms. The van der Waals surface area contributed by atoms with Crippen LogP contribution in [-0.2, 0) is 30.4 Å². The van der Waals surface area contributed by atoms with Gasteiger partial charge in [0.05, 0.1) is 18.0 Å². The molecule has 3 aromatic carbocycles. The Morgan fingerprint density at radius 1 is 0.913 bits per heavy atom. The number of hydrogen-bond donors (Lipinski definition) is 3. The van der Waals surface area contributed by atoms with Crippen molar-refractivity contribution in [1.29, 1.82) is 0 Å². The van der Waals surface area contributed by atoms with Crippen molar-refractivity contribution in [3.63, 3.8) is 0 Å². The molecule has 2 amide bonds. The van der Waals surface area contributed by atoms with Crippen LogP contribution in [0.5, 0.6) is 0 Å². The van der Waals surface area contributed by atoms with Gasteiger partial charge in [0.15, 0.2) is 0 Å². The molecule has 1 heterocycles. The van der Waals surface area contributed by atoms with Gasteiger partial charge in [0.1, 0.15) is 6.61 Å². The molecule has 10 nitrogen and oxygen atoms in total. The number of nitrogens with one attached hydrogen (secondary N) is 2. The number of ether oxygens (including phenoxy) is 1. The summed E-state index contributed by atoms with van der Waals surface area (Å²) < 4.78 is 49.3. The second-order valence-corrected chi connectivity index (χ2v) is 10.5. The average molecular weight is 638 g/mol. The standard InChI is InChI=1S/C33H34F3N5O5/c34-33(35,36)26-10-6-9-22(19-26)16-18-38-31(43)25-14-12-23(13-15-25)20-28-40-30(41-46-28)29(42)27(11-4-5-17-37)39-32(44)45-21-24-7-2-1-3-8-24/h1-3,6-10,12-15,19,27H,4-5,11,16-18,20-21,37H2,(H,38,43)(H,39,44). The van der Waals surface area contributed by atoms with E-state index in [0.29, 0.717) is 36.9 Å². The quantitative estimate of drug-likeness (QED) is 0.118. The van der Waals surface area contributed by atoms with Gasteiger partial charge < -0.3 is 25.6 Å². The molecule has 242 valence electrons. The normalized spacial score (nSPS) is 11.9. The molecule has 1 atom stereocenters. The number of alkyl carbamates (subject to hydrolysis) is 1. The Morgan fingerprint density at radius 2 is 1.65 bits per heavy atom. The van der Waals surface area contributed by atoms with E-state index < -0.39 is 29.7 Å². The summed E-state index contributed by atoms with van der Waals surface area (Å²) in [4.78, 5) is 42.4. The van der Waals surface area contributed by atoms with Crippen LogP contribution in [0.25, 0.3) is 0 Å². The highest BCUT2D eigenvalue weighted by Crippen LogP contribution is 2.29. The molecule has 46 heavy (non-hydrogen) atoms. The summed E-state index contributed by atoms with van der Waals surface area (Å²) in [7, 11) is 0. The number of nitrogens with two attached hydrogens (primary N) is 1. The fourth-order valence-electron chi connectivity index (χ4n) is 4.53. The summed E-state index contributed by atoms with van der Waals surface area (Å²) in [6.45, 7) is 0.641. The maximum Gasteiger partial charge on any atom is 0.416 e. The van der Waals surface area contributed by atoms with E-state index in [9.17, 15) is 27.6 Å². The SMILES string of the molecule is NCCCCC(NC(=O)OCc1ccccc1)C(=O)c1noc(Cc2ccc(C(=O)NCCc3cccc(C(F)(F)F)c3)cc2)n1. The predicted octanol–water partition coefficient (Wildman–Crippen LogP) is 5.26. The summed E-state index contributed by atoms with van der Waals surface area (Å²) in [6, 6.07) is 19.7. The zero-order valence-electron chi connectivity index (χ0n) is 24.9. The third-order valence-corrected chi connectivity index (χ3v) is 6.98. The van der Waals surface area contributed by atoms with Crippen LogP contribution in [-0.4, -0.2) is 47.1 Å². The molecule has 0 aliphatic carbocycles. The number of carbonyl (C=O) groups excluding carboxylic acids is 3. The first-order valence-corrected chi connectivity index (χ1v) is 14.7. The molecule has 1 aromatic heterocycles. The van der Waals surface area contributed by atoms with E-state index in [4.69, 9.17) is 15.0 Å². The van der Waals surface area contributed by atoms with Gasteiger partial charge in [-0.25, -0.2) is 4.79 Å². The van der Waals surface area contributed by atoms with Crippen molar-refractivity contribution < 1.29 is 36.8 Å². The van der Waals surface area contributed by atoms with Gasteiger partial charge in [-0.05, 0) is 67.1 Å². The van der Waals surface area contributed by atoms with Crippen LogP contribution in [0.1, 0.15) is 68.4 Å². The smallest absolute Gasteiger partial charge is 0.416 e. The summed E-state index contributed by atoms with van der Waals surface area (Å²) in [6.07, 6.45) is -3.20. The number of nitrogens with zero attached hydrogens (tertiary/aromatic N) is 2. The summed E-state index contributed by atoms with van der Waals surface area (Å²) in [5.41, 5.74) is 7.20. The Hall–Kier alpha value is -5.04. The zero-order valence-corrected chi connectivity index (χ0v) is 24.9. The van der Waals surface area contributed by atoms with Crippen LogP contribution in [0.4, 0.5) is 18.0 Å². The lowest BCUT2D eigenvalue weighted by molar-refractivity contribution is -0.137. The number of ketones is 1. The average Bonchev–Trinajstić information content (AvgIpc) is 3.52. The molecule has 0 radical (unpaired) electrons. The number of amides is 2. The van der Waals surface area contributed by atoms with Crippen LogP contribution in [0.3, 0.4) is 0 Å². The van der Waals surface area contributed by atoms with E-state index in [-0.39, 0.29) is 43.6 Å². The highest BCUT2D eigenvalue weighted by Gasteiger charge is 2.30. The van der Waals surface area contributed by atoms with Crippen molar-refractivity contribution in [2.24, 2.45) is 5.73 Å². The molecule has 4 N–H and O–H groups in total. The summed E-state index contributed by atoms with van der Waals surface area (Å²) >= 11 is 0. The third kappa shape index (κ3) is 10.3. The molecule has 0 saturated heterocycles. The number of rotatable bonds is 15. The zero-order chi connectivity index (χ0) is 32.9. The molecular formula is C33H34F3N5O5. The number of carbonyl (C=O) groups is 3. The van der Waals surface area contributed by atoms with E-state index >= 15 is 0 Å². The fourth-order valence-corrected chi connectivity index (χ4v) is 4.53. The molecule has 0 spiro atoms. The van der Waals surface area contributed by atoms with E-state index in [1.807, 2.05) is 30.3 Å². The van der Waals surface area contributed by atoms with Crippen molar-refractivity contribution in [3.8, 4) is 0 Å². The third-order valence-electron chi connectivity index (χ3n) is 6.98. The van der Waals surface area contributed by atoms with E-state index in [2.05, 4.69) is 20.8 Å². The topological polar surface area (TPSA) is 149 Å². The first kappa shape index (κ1) is 33.8. The van der Waals surface area contributed by atoms with E-state index in [0.717, 1.165) is 23.3 Å². The lowest BCUT2D eigenvalue weighted by Crippen LogP contribution is -2.41. The Bertz CT molecular complexity index is 1590. The lowest BCUT2D eigenvalue weighted by atomic mass is 10.0. The van der Waals surface area contributed by atoms with Gasteiger partial charge >= 0.3 is 12.3 Å². The molecule has 0 aliphatic rings. The first-order valence-electron chi connectivity index (χ1n) is 14.7. The van der Waals surface area contributed by atoms with E-state index in [1.54, 1.807) is 30.3 Å². The molecule has 1 unspecified atom stereocenters. The second-order valence-electron chi connectivity index (χ2n) is 10.5. The van der Waals surface area contributed by atoms with Crippen LogP contribution >= 0.6 is 0 Å². The number of hydrogen-bond acceptors (Lipinski definition) is 8. The number of alkyl halides is 3. The monoisotopic (exact) mass is 637 g/mol. The molecule has 4 rings (SSSR count). The Balaban J connectivity index is 1.29. The molecule has 0 fully saturated rings. The highest BCUT2D eigenvalue weighted by atomic mass is 19.4. The van der Waals surface area contributed by atoms with Crippen molar-refractivity contribution in [2.75, 3.05) is 13.1 Å². The van der Waals surface area contributed by atoms with Crippen molar-refractivity contribution in [2.45, 2.75) is 50.9 Å².